The number of thiocarbonyl (C=S) groups is 2. The first-order valence-electron chi connectivity index (χ1n) is 7.38. The number of carbonyl (C=O) groups is 2. The summed E-state index contributed by atoms with van der Waals surface area (Å²) in [6.07, 6.45) is 0. The molecule has 2 aromatic rings. The zero-order valence-corrected chi connectivity index (χ0v) is 19.6. The van der Waals surface area contributed by atoms with E-state index in [1.54, 1.807) is 38.4 Å². The molecule has 0 saturated carbocycles. The van der Waals surface area contributed by atoms with Crippen molar-refractivity contribution in [2.75, 3.05) is 14.1 Å². The molecule has 0 aromatic heterocycles. The Morgan fingerprint density at radius 3 is 1.44 bits per heavy atom. The number of hydrazine groups is 2. The molecule has 0 bridgehead atoms. The van der Waals surface area contributed by atoms with Crippen LogP contribution in [0.5, 0.6) is 0 Å². The summed E-state index contributed by atoms with van der Waals surface area (Å²) in [4.78, 5) is 23.1. The second-order valence-corrected chi connectivity index (χ2v) is 5.63. The molecule has 140 valence electrons. The molecule has 3 rings (SSSR count). The maximum absolute atomic E-state index is 11.5. The van der Waals surface area contributed by atoms with E-state index in [0.717, 1.165) is 10.8 Å². The summed E-state index contributed by atoms with van der Waals surface area (Å²) in [6.45, 7) is 0. The third-order valence-electron chi connectivity index (χ3n) is 3.32. The van der Waals surface area contributed by atoms with Crippen LogP contribution in [-0.4, -0.2) is 35.9 Å². The average molecular weight is 458 g/mol. The van der Waals surface area contributed by atoms with E-state index in [-0.39, 0.29) is 31.0 Å². The van der Waals surface area contributed by atoms with E-state index in [0.29, 0.717) is 21.4 Å². The predicted octanol–water partition coefficient (Wildman–Crippen LogP) is 0.124. The molecule has 0 amide bonds. The second-order valence-electron chi connectivity index (χ2n) is 4.81. The van der Waals surface area contributed by atoms with Gasteiger partial charge < -0.3 is 21.5 Å². The number of benzene rings is 2. The largest absolute Gasteiger partial charge is 0.365 e. The van der Waals surface area contributed by atoms with Gasteiger partial charge in [0.15, 0.2) is 10.2 Å². The summed E-state index contributed by atoms with van der Waals surface area (Å²) in [7, 11) is 3.39. The van der Waals surface area contributed by atoms with Crippen LogP contribution in [0.2, 0.25) is 0 Å². The van der Waals surface area contributed by atoms with Crippen LogP contribution in [0, 0.1) is 0 Å². The molecule has 11 heteroatoms. The van der Waals surface area contributed by atoms with Crippen molar-refractivity contribution in [1.82, 2.24) is 21.5 Å². The number of hydrogen-bond donors (Lipinski definition) is 6. The fourth-order valence-electron chi connectivity index (χ4n) is 2.11. The number of hydrogen-bond acceptors (Lipinski definition) is 6. The quantitative estimate of drug-likeness (QED) is 0.106. The monoisotopic (exact) mass is 456 g/mol. The molecule has 0 radical (unpaired) electrons. The maximum atomic E-state index is 11.5. The summed E-state index contributed by atoms with van der Waals surface area (Å²) in [5.74, 6) is 8.90. The maximum Gasteiger partial charge on any atom is 0.234 e. The molecular formula is C16H20N6O2S2Zn. The Morgan fingerprint density at radius 2 is 1.19 bits per heavy atom. The van der Waals surface area contributed by atoms with E-state index in [9.17, 15) is 9.59 Å². The number of rotatable bonds is 0. The third-order valence-corrected chi connectivity index (χ3v) is 3.96. The van der Waals surface area contributed by atoms with Crippen molar-refractivity contribution < 1.29 is 29.1 Å². The number of carbonyl (C=O) groups excluding carboxylic acids is 2. The van der Waals surface area contributed by atoms with Crippen molar-refractivity contribution in [3.8, 4) is 0 Å². The molecule has 0 unspecified atom stereocenters. The summed E-state index contributed by atoms with van der Waals surface area (Å²) in [5.41, 5.74) is 5.56. The first kappa shape index (κ1) is 25.0. The second kappa shape index (κ2) is 12.4. The molecule has 2 aromatic carbocycles. The Labute approximate surface area is 180 Å². The van der Waals surface area contributed by atoms with Crippen molar-refractivity contribution >= 4 is 57.0 Å². The van der Waals surface area contributed by atoms with Gasteiger partial charge in [-0.1, -0.05) is 36.4 Å². The van der Waals surface area contributed by atoms with Gasteiger partial charge in [-0.05, 0) is 29.8 Å². The molecule has 0 spiro atoms. The SMILES string of the molecule is CNC(=S)NN.CNC(=S)NN.O=C1C(=O)c2cccc3cccc1c23.[Zn]. The van der Waals surface area contributed by atoms with E-state index < -0.39 is 0 Å². The average Bonchev–Trinajstić information content (AvgIpc) is 2.95. The van der Waals surface area contributed by atoms with E-state index >= 15 is 0 Å². The summed E-state index contributed by atoms with van der Waals surface area (Å²) in [5, 5.41) is 7.90. The summed E-state index contributed by atoms with van der Waals surface area (Å²) in [6, 6.07) is 10.8. The smallest absolute Gasteiger partial charge is 0.234 e. The van der Waals surface area contributed by atoms with Crippen LogP contribution >= 0.6 is 24.4 Å². The van der Waals surface area contributed by atoms with Crippen LogP contribution in [0.4, 0.5) is 0 Å². The minimum Gasteiger partial charge on any atom is -0.365 e. The van der Waals surface area contributed by atoms with Gasteiger partial charge in [-0.2, -0.15) is 0 Å². The number of ketones is 2. The number of Topliss-reactive ketones (excluding diaryl/α,β-unsaturated/α-hetero) is 2. The van der Waals surface area contributed by atoms with E-state index in [2.05, 4.69) is 45.9 Å². The third kappa shape index (κ3) is 6.56. The van der Waals surface area contributed by atoms with Gasteiger partial charge in [0.1, 0.15) is 0 Å². The van der Waals surface area contributed by atoms with E-state index in [1.165, 1.54) is 0 Å². The number of nitrogens with one attached hydrogen (secondary N) is 4. The minimum absolute atomic E-state index is 0. The fourth-order valence-corrected chi connectivity index (χ4v) is 2.11. The Hall–Kier alpha value is -2.04. The van der Waals surface area contributed by atoms with E-state index in [4.69, 9.17) is 11.7 Å². The van der Waals surface area contributed by atoms with Crippen LogP contribution in [0.25, 0.3) is 10.8 Å². The normalized spacial score (nSPS) is 10.4. The van der Waals surface area contributed by atoms with Crippen molar-refractivity contribution in [1.29, 1.82) is 0 Å². The standard InChI is InChI=1S/C12H6O2.2C2H7N3S.Zn/c13-11-8-5-1-3-7-4-2-6-9(10(7)8)12(11)14;2*1-4-2(6)5-3;/h1-6H;2*3H2,1H3,(H2,4,5,6);. The molecule has 0 saturated heterocycles. The Balaban J connectivity index is 0.000000444. The molecule has 0 fully saturated rings. The molecule has 8 nitrogen and oxygen atoms in total. The van der Waals surface area contributed by atoms with Gasteiger partial charge in [0.25, 0.3) is 0 Å². The van der Waals surface area contributed by atoms with Crippen LogP contribution in [0.3, 0.4) is 0 Å². The van der Waals surface area contributed by atoms with Crippen LogP contribution in [0.1, 0.15) is 20.7 Å². The van der Waals surface area contributed by atoms with Gasteiger partial charge in [0.2, 0.25) is 11.6 Å². The molecule has 0 heterocycles. The summed E-state index contributed by atoms with van der Waals surface area (Å²) >= 11 is 9.02. The van der Waals surface area contributed by atoms with Crippen molar-refractivity contribution in [2.45, 2.75) is 0 Å². The molecule has 1 aliphatic rings. The van der Waals surface area contributed by atoms with Gasteiger partial charge in [0, 0.05) is 50.1 Å². The van der Waals surface area contributed by atoms with Crippen molar-refractivity contribution in [3.05, 3.63) is 47.5 Å². The van der Waals surface area contributed by atoms with Gasteiger partial charge in [0.05, 0.1) is 0 Å². The van der Waals surface area contributed by atoms with Crippen LogP contribution < -0.4 is 33.2 Å². The van der Waals surface area contributed by atoms with Crippen LogP contribution in [-0.2, 0) is 19.5 Å². The zero-order valence-electron chi connectivity index (χ0n) is 15.0. The summed E-state index contributed by atoms with van der Waals surface area (Å²) < 4.78 is 0. The molecular weight excluding hydrogens is 438 g/mol. The van der Waals surface area contributed by atoms with Gasteiger partial charge in [-0.15, -0.1) is 0 Å². The minimum atomic E-state index is -0.378. The van der Waals surface area contributed by atoms with Gasteiger partial charge in [-0.3, -0.25) is 9.59 Å². The fraction of sp³-hybridized carbons (Fsp3) is 0.125. The topological polar surface area (TPSA) is 134 Å². The Bertz CT molecular complexity index is 770. The molecule has 8 N–H and O–H groups in total. The molecule has 27 heavy (non-hydrogen) atoms. The molecule has 0 atom stereocenters. The Kier molecular flexibility index (Phi) is 11.4. The van der Waals surface area contributed by atoms with Crippen LogP contribution in [0.15, 0.2) is 36.4 Å². The van der Waals surface area contributed by atoms with E-state index in [1.807, 2.05) is 12.1 Å². The van der Waals surface area contributed by atoms with Crippen molar-refractivity contribution in [3.63, 3.8) is 0 Å². The first-order chi connectivity index (χ1) is 12.4. The zero-order chi connectivity index (χ0) is 19.7. The van der Waals surface area contributed by atoms with Crippen molar-refractivity contribution in [2.24, 2.45) is 11.7 Å². The van der Waals surface area contributed by atoms with Gasteiger partial charge in [-0.25, -0.2) is 11.7 Å². The first-order valence-corrected chi connectivity index (χ1v) is 8.20. The number of nitrogens with two attached hydrogens (primary N) is 2. The predicted molar refractivity (Wildman–Crippen MR) is 111 cm³/mol. The molecule has 1 aliphatic carbocycles. The Morgan fingerprint density at radius 1 is 0.815 bits per heavy atom. The van der Waals surface area contributed by atoms with Gasteiger partial charge >= 0.3 is 0 Å². The molecule has 0 aliphatic heterocycles.